The molecule has 1 aromatic rings. The van der Waals surface area contributed by atoms with E-state index in [1.807, 2.05) is 31.2 Å². The second-order valence-electron chi connectivity index (χ2n) is 9.74. The van der Waals surface area contributed by atoms with Crippen molar-refractivity contribution < 1.29 is 38.5 Å². The Balaban J connectivity index is 2.03. The molecule has 39 heavy (non-hydrogen) atoms. The molecule has 0 aromatic heterocycles. The van der Waals surface area contributed by atoms with Gasteiger partial charge in [-0.1, -0.05) is 28.9 Å². The van der Waals surface area contributed by atoms with E-state index in [0.29, 0.717) is 38.0 Å². The average molecular weight is 541 g/mol. The van der Waals surface area contributed by atoms with Crippen LogP contribution in [0.3, 0.4) is 0 Å². The molecule has 1 N–H and O–H groups in total. The lowest BCUT2D eigenvalue weighted by molar-refractivity contribution is -0.144. The standard InChI is InChI=1S/C31H40O8/c1-5-39-31(36)19-25(33)16-22(3)28-14-21(2)15-30(35)29(28)18-26(34)17-23(10-12-32)11-13-38-20-24-6-8-27(37-4)9-7-24/h6-9,15-17,28-29,32H,5,10-14,18-20H2,1-4H3/b22-16+,23-17+/t28-,29-/m0/s1. The lowest BCUT2D eigenvalue weighted by Gasteiger charge is -2.30. The minimum absolute atomic E-state index is 0.00778. The number of ketones is 3. The van der Waals surface area contributed by atoms with E-state index in [4.69, 9.17) is 14.2 Å². The van der Waals surface area contributed by atoms with Gasteiger partial charge in [0.05, 0.1) is 26.9 Å². The Labute approximate surface area is 230 Å². The molecular formula is C31H40O8. The predicted molar refractivity (Wildman–Crippen MR) is 147 cm³/mol. The summed E-state index contributed by atoms with van der Waals surface area (Å²) in [6.07, 6.45) is 5.44. The molecule has 2 atom stereocenters. The van der Waals surface area contributed by atoms with Gasteiger partial charge < -0.3 is 19.3 Å². The van der Waals surface area contributed by atoms with E-state index in [0.717, 1.165) is 22.5 Å². The number of hydrogen-bond acceptors (Lipinski definition) is 8. The van der Waals surface area contributed by atoms with Gasteiger partial charge in [-0.2, -0.15) is 0 Å². The summed E-state index contributed by atoms with van der Waals surface area (Å²) in [4.78, 5) is 49.9. The van der Waals surface area contributed by atoms with Crippen molar-refractivity contribution in [2.24, 2.45) is 11.8 Å². The smallest absolute Gasteiger partial charge is 0.313 e. The maximum atomic E-state index is 13.0. The summed E-state index contributed by atoms with van der Waals surface area (Å²) in [7, 11) is 1.61. The Hall–Kier alpha value is -3.36. The van der Waals surface area contributed by atoms with E-state index >= 15 is 0 Å². The van der Waals surface area contributed by atoms with Gasteiger partial charge in [-0.05, 0) is 81.9 Å². The monoisotopic (exact) mass is 540 g/mol. The molecule has 0 unspecified atom stereocenters. The van der Waals surface area contributed by atoms with Crippen molar-refractivity contribution in [1.82, 2.24) is 0 Å². The summed E-state index contributed by atoms with van der Waals surface area (Å²) in [5, 5.41) is 9.48. The first kappa shape index (κ1) is 31.9. The fraction of sp³-hybridized carbons (Fsp3) is 0.484. The molecule has 1 aliphatic rings. The van der Waals surface area contributed by atoms with Gasteiger partial charge in [0.1, 0.15) is 12.2 Å². The third kappa shape index (κ3) is 11.1. The van der Waals surface area contributed by atoms with Crippen molar-refractivity contribution in [3.63, 3.8) is 0 Å². The van der Waals surface area contributed by atoms with Crippen LogP contribution < -0.4 is 4.74 Å². The number of carbonyl (C=O) groups is 4. The SMILES string of the molecule is CCOC(=O)CC(=O)/C=C(\C)[C@@H]1CC(C)=CC(=O)[C@H]1CC(=O)/C=C(\CCO)CCOCc1ccc(OC)cc1. The Morgan fingerprint density at radius 3 is 2.44 bits per heavy atom. The first-order chi connectivity index (χ1) is 18.7. The molecule has 8 heteroatoms. The summed E-state index contributed by atoms with van der Waals surface area (Å²) in [5.41, 5.74) is 3.29. The molecular weight excluding hydrogens is 500 g/mol. The van der Waals surface area contributed by atoms with Gasteiger partial charge in [0.15, 0.2) is 17.3 Å². The lowest BCUT2D eigenvalue weighted by Crippen LogP contribution is -2.30. The molecule has 212 valence electrons. The van der Waals surface area contributed by atoms with Crippen LogP contribution >= 0.6 is 0 Å². The fourth-order valence-corrected chi connectivity index (χ4v) is 4.62. The summed E-state index contributed by atoms with van der Waals surface area (Å²) < 4.78 is 15.7. The minimum atomic E-state index is -0.606. The van der Waals surface area contributed by atoms with Gasteiger partial charge in [-0.3, -0.25) is 19.2 Å². The lowest BCUT2D eigenvalue weighted by atomic mass is 9.73. The Bertz CT molecular complexity index is 1090. The summed E-state index contributed by atoms with van der Waals surface area (Å²) >= 11 is 0. The highest BCUT2D eigenvalue weighted by molar-refractivity contribution is 6.03. The normalized spacial score (nSPS) is 18.0. The number of benzene rings is 1. The van der Waals surface area contributed by atoms with Crippen molar-refractivity contribution in [2.45, 2.75) is 59.5 Å². The molecule has 1 aromatic carbocycles. The van der Waals surface area contributed by atoms with Crippen LogP contribution in [0, 0.1) is 11.8 Å². The largest absolute Gasteiger partial charge is 0.497 e. The van der Waals surface area contributed by atoms with Crippen LogP contribution in [0.25, 0.3) is 0 Å². The molecule has 1 aliphatic carbocycles. The van der Waals surface area contributed by atoms with E-state index in [1.165, 1.54) is 12.2 Å². The quantitative estimate of drug-likeness (QED) is 0.141. The first-order valence-corrected chi connectivity index (χ1v) is 13.3. The van der Waals surface area contributed by atoms with Gasteiger partial charge in [-0.15, -0.1) is 0 Å². The maximum absolute atomic E-state index is 13.0. The molecule has 0 bridgehead atoms. The van der Waals surface area contributed by atoms with Gasteiger partial charge >= 0.3 is 5.97 Å². The zero-order valence-corrected chi connectivity index (χ0v) is 23.4. The van der Waals surface area contributed by atoms with Crippen LogP contribution in [0.2, 0.25) is 0 Å². The molecule has 0 radical (unpaired) electrons. The number of esters is 1. The minimum Gasteiger partial charge on any atom is -0.497 e. The van der Waals surface area contributed by atoms with Crippen LogP contribution in [0.1, 0.15) is 58.4 Å². The van der Waals surface area contributed by atoms with Gasteiger partial charge in [-0.25, -0.2) is 0 Å². The molecule has 0 spiro atoms. The van der Waals surface area contributed by atoms with E-state index in [-0.39, 0.29) is 43.5 Å². The van der Waals surface area contributed by atoms with Crippen molar-refractivity contribution in [1.29, 1.82) is 0 Å². The molecule has 0 saturated carbocycles. The Kier molecular flexibility index (Phi) is 13.5. The summed E-state index contributed by atoms with van der Waals surface area (Å²) in [6, 6.07) is 7.55. The molecule has 0 heterocycles. The zero-order chi connectivity index (χ0) is 28.8. The number of ether oxygens (including phenoxy) is 3. The van der Waals surface area contributed by atoms with Crippen LogP contribution in [0.4, 0.5) is 0 Å². The summed E-state index contributed by atoms with van der Waals surface area (Å²) in [6.45, 7) is 6.16. The van der Waals surface area contributed by atoms with Crippen LogP contribution in [0.5, 0.6) is 5.75 Å². The second-order valence-corrected chi connectivity index (χ2v) is 9.74. The highest BCUT2D eigenvalue weighted by atomic mass is 16.5. The van der Waals surface area contributed by atoms with E-state index in [2.05, 4.69) is 0 Å². The first-order valence-electron chi connectivity index (χ1n) is 13.3. The van der Waals surface area contributed by atoms with E-state index in [1.54, 1.807) is 27.0 Å². The number of rotatable bonds is 16. The third-order valence-electron chi connectivity index (χ3n) is 6.59. The highest BCUT2D eigenvalue weighted by Crippen LogP contribution is 2.35. The number of aliphatic hydroxyl groups excluding tert-OH is 1. The molecule has 0 saturated heterocycles. The van der Waals surface area contributed by atoms with Gasteiger partial charge in [0.2, 0.25) is 0 Å². The molecule has 0 aliphatic heterocycles. The van der Waals surface area contributed by atoms with E-state index < -0.39 is 17.7 Å². The number of carbonyl (C=O) groups excluding carboxylic acids is 4. The van der Waals surface area contributed by atoms with Gasteiger partial charge in [0, 0.05) is 18.9 Å². The maximum Gasteiger partial charge on any atom is 0.313 e. The average Bonchev–Trinajstić information content (AvgIpc) is 2.88. The highest BCUT2D eigenvalue weighted by Gasteiger charge is 2.33. The van der Waals surface area contributed by atoms with Crippen molar-refractivity contribution >= 4 is 23.3 Å². The number of hydrogen-bond donors (Lipinski definition) is 1. The van der Waals surface area contributed by atoms with Crippen molar-refractivity contribution in [3.05, 3.63) is 64.8 Å². The topological polar surface area (TPSA) is 116 Å². The van der Waals surface area contributed by atoms with Crippen LogP contribution in [-0.4, -0.2) is 55.4 Å². The molecule has 8 nitrogen and oxygen atoms in total. The number of allylic oxidation sites excluding steroid dienone is 5. The molecule has 0 amide bonds. The Morgan fingerprint density at radius 1 is 1.08 bits per heavy atom. The second kappa shape index (κ2) is 16.6. The van der Waals surface area contributed by atoms with Gasteiger partial charge in [0.25, 0.3) is 0 Å². The predicted octanol–water partition coefficient (Wildman–Crippen LogP) is 4.49. The van der Waals surface area contributed by atoms with Crippen molar-refractivity contribution in [2.75, 3.05) is 26.9 Å². The van der Waals surface area contributed by atoms with Crippen molar-refractivity contribution in [3.8, 4) is 5.75 Å². The van der Waals surface area contributed by atoms with Crippen LogP contribution in [0.15, 0.2) is 59.2 Å². The number of aliphatic hydroxyl groups is 1. The molecule has 2 rings (SSSR count). The summed E-state index contributed by atoms with van der Waals surface area (Å²) in [5.74, 6) is -1.51. The van der Waals surface area contributed by atoms with Crippen LogP contribution in [-0.2, 0) is 35.3 Å². The third-order valence-corrected chi connectivity index (χ3v) is 6.59. The molecule has 0 fully saturated rings. The Morgan fingerprint density at radius 2 is 1.79 bits per heavy atom. The fourth-order valence-electron chi connectivity index (χ4n) is 4.62. The van der Waals surface area contributed by atoms with E-state index in [9.17, 15) is 24.3 Å². The zero-order valence-electron chi connectivity index (χ0n) is 23.4. The number of methoxy groups -OCH3 is 1.